The Hall–Kier alpha value is -0.970. The van der Waals surface area contributed by atoms with Crippen LogP contribution in [-0.4, -0.2) is 43.2 Å². The number of anilines is 1. The summed E-state index contributed by atoms with van der Waals surface area (Å²) in [7, 11) is 3.88. The average molecular weight is 331 g/mol. The lowest BCUT2D eigenvalue weighted by Crippen LogP contribution is -2.31. The normalized spacial score (nSPS) is 22.5. The summed E-state index contributed by atoms with van der Waals surface area (Å²) in [5, 5.41) is 10.5. The van der Waals surface area contributed by atoms with Crippen LogP contribution < -0.4 is 4.90 Å². The summed E-state index contributed by atoms with van der Waals surface area (Å²) in [6.07, 6.45) is 0.658. The van der Waals surface area contributed by atoms with Crippen LogP contribution in [0.25, 0.3) is 0 Å². The summed E-state index contributed by atoms with van der Waals surface area (Å²) in [6.45, 7) is 3.72. The number of likely N-dealkylation sites (tertiary alicyclic amines) is 1. The molecular formula is C15H20Cl2N2O2. The van der Waals surface area contributed by atoms with E-state index < -0.39 is 11.4 Å². The maximum Gasteiger partial charge on any atom is 0.310 e. The van der Waals surface area contributed by atoms with Gasteiger partial charge >= 0.3 is 5.97 Å². The van der Waals surface area contributed by atoms with Crippen LogP contribution in [0.4, 0.5) is 5.69 Å². The Morgan fingerprint density at radius 1 is 1.43 bits per heavy atom. The molecule has 0 bridgehead atoms. The maximum atomic E-state index is 11.3. The minimum atomic E-state index is -0.736. The van der Waals surface area contributed by atoms with E-state index in [4.69, 9.17) is 23.2 Å². The highest BCUT2D eigenvalue weighted by molar-refractivity contribution is 6.35. The molecule has 0 aliphatic carbocycles. The van der Waals surface area contributed by atoms with E-state index in [0.29, 0.717) is 29.6 Å². The van der Waals surface area contributed by atoms with Crippen LogP contribution in [0, 0.1) is 5.41 Å². The summed E-state index contributed by atoms with van der Waals surface area (Å²) in [6, 6.07) is 3.62. The average Bonchev–Trinajstić information content (AvgIpc) is 2.75. The molecule has 1 heterocycles. The Labute approximate surface area is 135 Å². The fourth-order valence-electron chi connectivity index (χ4n) is 2.74. The molecule has 1 unspecified atom stereocenters. The highest BCUT2D eigenvalue weighted by Crippen LogP contribution is 2.35. The second kappa shape index (κ2) is 6.03. The van der Waals surface area contributed by atoms with Crippen LogP contribution in [-0.2, 0) is 11.3 Å². The number of rotatable bonds is 4. The minimum Gasteiger partial charge on any atom is -0.481 e. The molecule has 0 amide bonds. The zero-order valence-corrected chi connectivity index (χ0v) is 14.0. The van der Waals surface area contributed by atoms with E-state index in [-0.39, 0.29) is 0 Å². The van der Waals surface area contributed by atoms with E-state index in [2.05, 4.69) is 4.90 Å². The monoisotopic (exact) mass is 330 g/mol. The van der Waals surface area contributed by atoms with Crippen molar-refractivity contribution in [3.8, 4) is 0 Å². The third kappa shape index (κ3) is 3.44. The van der Waals surface area contributed by atoms with E-state index in [1.807, 2.05) is 25.1 Å². The smallest absolute Gasteiger partial charge is 0.310 e. The molecule has 1 N–H and O–H groups in total. The molecule has 0 radical (unpaired) electrons. The lowest BCUT2D eigenvalue weighted by atomic mass is 9.90. The molecule has 2 rings (SSSR count). The largest absolute Gasteiger partial charge is 0.481 e. The van der Waals surface area contributed by atoms with Gasteiger partial charge in [0.05, 0.1) is 5.41 Å². The van der Waals surface area contributed by atoms with Gasteiger partial charge in [0.2, 0.25) is 0 Å². The van der Waals surface area contributed by atoms with Gasteiger partial charge in [-0.25, -0.2) is 0 Å². The fraction of sp³-hybridized carbons (Fsp3) is 0.533. The van der Waals surface area contributed by atoms with Gasteiger partial charge in [-0.3, -0.25) is 9.69 Å². The Balaban J connectivity index is 2.23. The summed E-state index contributed by atoms with van der Waals surface area (Å²) >= 11 is 12.4. The van der Waals surface area contributed by atoms with Crippen LogP contribution in [0.15, 0.2) is 12.1 Å². The molecule has 1 aromatic rings. The lowest BCUT2D eigenvalue weighted by Gasteiger charge is -2.24. The SMILES string of the molecule is CN(C)c1cc(Cl)cc(Cl)c1CN1CCC(C)(C(=O)O)C1. The van der Waals surface area contributed by atoms with Crippen molar-refractivity contribution >= 4 is 34.9 Å². The number of hydrogen-bond acceptors (Lipinski definition) is 3. The molecule has 0 spiro atoms. The number of benzene rings is 1. The fourth-order valence-corrected chi connectivity index (χ4v) is 3.28. The number of aliphatic carboxylic acids is 1. The third-order valence-electron chi connectivity index (χ3n) is 4.07. The first-order chi connectivity index (χ1) is 9.73. The van der Waals surface area contributed by atoms with Gasteiger partial charge in [-0.2, -0.15) is 0 Å². The van der Waals surface area contributed by atoms with Crippen molar-refractivity contribution < 1.29 is 9.90 Å². The second-order valence-corrected chi connectivity index (χ2v) is 6.95. The Morgan fingerprint density at radius 3 is 2.62 bits per heavy atom. The topological polar surface area (TPSA) is 43.8 Å². The van der Waals surface area contributed by atoms with E-state index in [1.54, 1.807) is 13.0 Å². The molecule has 116 valence electrons. The van der Waals surface area contributed by atoms with E-state index in [1.165, 1.54) is 0 Å². The van der Waals surface area contributed by atoms with Gasteiger partial charge in [0.15, 0.2) is 0 Å². The van der Waals surface area contributed by atoms with Crippen molar-refractivity contribution in [1.82, 2.24) is 4.90 Å². The van der Waals surface area contributed by atoms with E-state index >= 15 is 0 Å². The van der Waals surface area contributed by atoms with Crippen molar-refractivity contribution in [2.75, 3.05) is 32.1 Å². The minimum absolute atomic E-state index is 0.536. The van der Waals surface area contributed by atoms with Gasteiger partial charge in [0.25, 0.3) is 0 Å². The predicted molar refractivity (Wildman–Crippen MR) is 86.4 cm³/mol. The molecule has 1 atom stereocenters. The number of nitrogens with zero attached hydrogens (tertiary/aromatic N) is 2. The van der Waals surface area contributed by atoms with Crippen LogP contribution in [0.3, 0.4) is 0 Å². The van der Waals surface area contributed by atoms with Crippen LogP contribution in [0.1, 0.15) is 18.9 Å². The quantitative estimate of drug-likeness (QED) is 0.919. The van der Waals surface area contributed by atoms with Crippen LogP contribution in [0.5, 0.6) is 0 Å². The van der Waals surface area contributed by atoms with Crippen molar-refractivity contribution in [3.63, 3.8) is 0 Å². The number of halogens is 2. The standard InChI is InChI=1S/C15H20Cl2N2O2/c1-15(14(20)21)4-5-19(9-15)8-11-12(17)6-10(16)7-13(11)18(2)3/h6-7H,4-5,8-9H2,1-3H3,(H,20,21). The number of hydrogen-bond donors (Lipinski definition) is 1. The molecule has 4 nitrogen and oxygen atoms in total. The Morgan fingerprint density at radius 2 is 2.10 bits per heavy atom. The van der Waals surface area contributed by atoms with Gasteiger partial charge in [0, 0.05) is 48.5 Å². The molecule has 1 aromatic carbocycles. The lowest BCUT2D eigenvalue weighted by molar-refractivity contribution is -0.147. The molecular weight excluding hydrogens is 311 g/mol. The summed E-state index contributed by atoms with van der Waals surface area (Å²) < 4.78 is 0. The third-order valence-corrected chi connectivity index (χ3v) is 4.62. The maximum absolute atomic E-state index is 11.3. The summed E-state index contributed by atoms with van der Waals surface area (Å²) in [4.78, 5) is 15.4. The van der Waals surface area contributed by atoms with Gasteiger partial charge in [-0.15, -0.1) is 0 Å². The van der Waals surface area contributed by atoms with Gasteiger partial charge in [0.1, 0.15) is 0 Å². The van der Waals surface area contributed by atoms with Crippen molar-refractivity contribution in [3.05, 3.63) is 27.7 Å². The molecule has 1 aliphatic rings. The van der Waals surface area contributed by atoms with Crippen molar-refractivity contribution in [2.24, 2.45) is 5.41 Å². The molecule has 0 aromatic heterocycles. The first-order valence-corrected chi connectivity index (χ1v) is 7.59. The summed E-state index contributed by atoms with van der Waals surface area (Å²) in [5.74, 6) is -0.736. The Kier molecular flexibility index (Phi) is 4.71. The van der Waals surface area contributed by atoms with E-state index in [9.17, 15) is 9.90 Å². The highest BCUT2D eigenvalue weighted by atomic mass is 35.5. The first kappa shape index (κ1) is 16.4. The zero-order valence-electron chi connectivity index (χ0n) is 12.5. The molecule has 1 fully saturated rings. The number of carbonyl (C=O) groups is 1. The van der Waals surface area contributed by atoms with Gasteiger partial charge < -0.3 is 10.0 Å². The predicted octanol–water partition coefficient (Wildman–Crippen LogP) is 3.36. The second-order valence-electron chi connectivity index (χ2n) is 6.11. The highest BCUT2D eigenvalue weighted by Gasteiger charge is 2.40. The van der Waals surface area contributed by atoms with Crippen molar-refractivity contribution in [1.29, 1.82) is 0 Å². The van der Waals surface area contributed by atoms with Crippen molar-refractivity contribution in [2.45, 2.75) is 19.9 Å². The first-order valence-electron chi connectivity index (χ1n) is 6.84. The number of carboxylic acid groups (broad SMARTS) is 1. The molecule has 21 heavy (non-hydrogen) atoms. The molecule has 1 aliphatic heterocycles. The molecule has 0 saturated carbocycles. The molecule has 6 heteroatoms. The van der Waals surface area contributed by atoms with Crippen LogP contribution >= 0.6 is 23.2 Å². The van der Waals surface area contributed by atoms with E-state index in [0.717, 1.165) is 17.8 Å². The van der Waals surface area contributed by atoms with Gasteiger partial charge in [-0.1, -0.05) is 23.2 Å². The Bertz CT molecular complexity index is 563. The van der Waals surface area contributed by atoms with Crippen LogP contribution in [0.2, 0.25) is 10.0 Å². The molecule has 1 saturated heterocycles. The number of carboxylic acids is 1. The zero-order chi connectivity index (χ0) is 15.8. The summed E-state index contributed by atoms with van der Waals surface area (Å²) in [5.41, 5.74) is 1.29. The van der Waals surface area contributed by atoms with Gasteiger partial charge in [-0.05, 0) is 32.0 Å².